The molecule has 0 saturated carbocycles. The lowest BCUT2D eigenvalue weighted by molar-refractivity contribution is 0.0691. The van der Waals surface area contributed by atoms with E-state index in [-0.39, 0.29) is 5.56 Å². The fourth-order valence-electron chi connectivity index (χ4n) is 1.22. The maximum Gasteiger partial charge on any atom is 0.338 e. The quantitative estimate of drug-likeness (QED) is 0.603. The molecule has 94 valence electrons. The summed E-state index contributed by atoms with van der Waals surface area (Å²) >= 11 is 1.46. The minimum Gasteiger partial charge on any atom is -0.478 e. The highest BCUT2D eigenvalue weighted by atomic mass is 32.2. The fourth-order valence-corrected chi connectivity index (χ4v) is 2.03. The highest BCUT2D eigenvalue weighted by Crippen LogP contribution is 2.21. The molecule has 3 nitrogen and oxygen atoms in total. The zero-order valence-electron chi connectivity index (χ0n) is 9.61. The van der Waals surface area contributed by atoms with Gasteiger partial charge in [-0.25, -0.2) is 9.18 Å². The lowest BCUT2D eigenvalue weighted by atomic mass is 10.2. The van der Waals surface area contributed by atoms with Crippen LogP contribution in [0.15, 0.2) is 23.1 Å². The number of thioether (sulfide) groups is 1. The van der Waals surface area contributed by atoms with Crippen LogP contribution >= 0.6 is 11.8 Å². The number of rotatable bonds is 7. The number of carbonyl (C=O) groups is 1. The number of ether oxygens (including phenoxy) is 1. The van der Waals surface area contributed by atoms with Crippen LogP contribution < -0.4 is 0 Å². The summed E-state index contributed by atoms with van der Waals surface area (Å²) in [5.41, 5.74) is -0.288. The molecule has 5 heteroatoms. The van der Waals surface area contributed by atoms with Crippen LogP contribution in [0.2, 0.25) is 0 Å². The van der Waals surface area contributed by atoms with E-state index >= 15 is 0 Å². The molecule has 1 N–H and O–H groups in total. The summed E-state index contributed by atoms with van der Waals surface area (Å²) in [5, 5.41) is 8.76. The molecule has 0 fully saturated rings. The molecule has 0 atom stereocenters. The second-order valence-corrected chi connectivity index (χ2v) is 4.58. The van der Waals surface area contributed by atoms with E-state index in [0.717, 1.165) is 23.7 Å². The Bertz CT molecular complexity index is 382. The Hall–Kier alpha value is -1.07. The van der Waals surface area contributed by atoms with Gasteiger partial charge in [0.2, 0.25) is 0 Å². The van der Waals surface area contributed by atoms with Crippen molar-refractivity contribution in [3.05, 3.63) is 29.6 Å². The first-order valence-electron chi connectivity index (χ1n) is 5.38. The summed E-state index contributed by atoms with van der Waals surface area (Å²) in [6, 6.07) is 4.10. The number of halogens is 1. The standard InChI is InChI=1S/C12H15FO3S/c1-2-5-16-6-7-17-9-3-4-11(13)10(8-9)12(14)15/h3-4,8H,2,5-7H2,1H3,(H,14,15). The molecule has 0 bridgehead atoms. The number of benzene rings is 1. The largest absolute Gasteiger partial charge is 0.478 e. The molecule has 0 aromatic heterocycles. The van der Waals surface area contributed by atoms with Crippen LogP contribution in [0.5, 0.6) is 0 Å². The van der Waals surface area contributed by atoms with E-state index in [1.807, 2.05) is 6.92 Å². The fraction of sp³-hybridized carbons (Fsp3) is 0.417. The van der Waals surface area contributed by atoms with Crippen LogP contribution in [0.4, 0.5) is 4.39 Å². The summed E-state index contributed by atoms with van der Waals surface area (Å²) in [6.07, 6.45) is 0.977. The first kappa shape index (κ1) is 14.0. The van der Waals surface area contributed by atoms with Gasteiger partial charge in [0.15, 0.2) is 0 Å². The van der Waals surface area contributed by atoms with Gasteiger partial charge in [-0.05, 0) is 24.6 Å². The number of hydrogen-bond donors (Lipinski definition) is 1. The summed E-state index contributed by atoms with van der Waals surface area (Å²) < 4.78 is 18.4. The van der Waals surface area contributed by atoms with E-state index < -0.39 is 11.8 Å². The topological polar surface area (TPSA) is 46.5 Å². The molecular weight excluding hydrogens is 243 g/mol. The van der Waals surface area contributed by atoms with Gasteiger partial charge >= 0.3 is 5.97 Å². The molecule has 0 aliphatic heterocycles. The second kappa shape index (κ2) is 7.29. The van der Waals surface area contributed by atoms with Gasteiger partial charge in [-0.2, -0.15) is 0 Å². The monoisotopic (exact) mass is 258 g/mol. The third kappa shape index (κ3) is 4.75. The maximum absolute atomic E-state index is 13.1. The Morgan fingerprint density at radius 3 is 2.88 bits per heavy atom. The van der Waals surface area contributed by atoms with E-state index in [2.05, 4.69) is 0 Å². The van der Waals surface area contributed by atoms with Gasteiger partial charge in [-0.3, -0.25) is 0 Å². The molecule has 0 aliphatic carbocycles. The van der Waals surface area contributed by atoms with Crippen LogP contribution in [-0.4, -0.2) is 30.0 Å². The average Bonchev–Trinajstić information content (AvgIpc) is 2.30. The smallest absolute Gasteiger partial charge is 0.338 e. The first-order valence-corrected chi connectivity index (χ1v) is 6.37. The van der Waals surface area contributed by atoms with Crippen LogP contribution in [0.1, 0.15) is 23.7 Å². The summed E-state index contributed by atoms with van der Waals surface area (Å²) in [6.45, 7) is 3.37. The van der Waals surface area contributed by atoms with Crippen molar-refractivity contribution < 1.29 is 19.0 Å². The molecule has 0 unspecified atom stereocenters. The normalized spacial score (nSPS) is 10.5. The Morgan fingerprint density at radius 1 is 1.47 bits per heavy atom. The molecule has 1 aromatic carbocycles. The highest BCUT2D eigenvalue weighted by Gasteiger charge is 2.10. The van der Waals surface area contributed by atoms with Crippen LogP contribution in [0, 0.1) is 5.82 Å². The Balaban J connectivity index is 2.49. The molecule has 0 aliphatic rings. The Labute approximate surface area is 104 Å². The molecule has 0 saturated heterocycles. The minimum absolute atomic E-state index is 0.288. The molecule has 1 aromatic rings. The SMILES string of the molecule is CCCOCCSc1ccc(F)c(C(=O)O)c1. The van der Waals surface area contributed by atoms with Gasteiger partial charge in [0.1, 0.15) is 5.82 Å². The van der Waals surface area contributed by atoms with Gasteiger partial charge in [-0.15, -0.1) is 11.8 Å². The Kier molecular flexibility index (Phi) is 6.00. The van der Waals surface area contributed by atoms with Crippen molar-refractivity contribution in [3.8, 4) is 0 Å². The molecule has 0 heterocycles. The van der Waals surface area contributed by atoms with Gasteiger partial charge in [0, 0.05) is 17.3 Å². The molecule has 0 amide bonds. The first-order chi connectivity index (χ1) is 8.15. The molecule has 0 radical (unpaired) electrons. The number of carboxylic acid groups (broad SMARTS) is 1. The van der Waals surface area contributed by atoms with Crippen LogP contribution in [0.25, 0.3) is 0 Å². The molecular formula is C12H15FO3S. The Morgan fingerprint density at radius 2 is 2.24 bits per heavy atom. The molecule has 17 heavy (non-hydrogen) atoms. The maximum atomic E-state index is 13.1. The number of hydrogen-bond acceptors (Lipinski definition) is 3. The summed E-state index contributed by atoms with van der Waals surface area (Å²) in [4.78, 5) is 11.5. The van der Waals surface area contributed by atoms with Gasteiger partial charge in [0.25, 0.3) is 0 Å². The molecule has 0 spiro atoms. The van der Waals surface area contributed by atoms with Crippen molar-refractivity contribution in [1.29, 1.82) is 0 Å². The minimum atomic E-state index is -1.24. The average molecular weight is 258 g/mol. The van der Waals surface area contributed by atoms with Crippen molar-refractivity contribution in [2.75, 3.05) is 19.0 Å². The van der Waals surface area contributed by atoms with Crippen molar-refractivity contribution in [2.24, 2.45) is 0 Å². The lowest BCUT2D eigenvalue weighted by Crippen LogP contribution is -2.01. The van der Waals surface area contributed by atoms with Gasteiger partial charge in [-0.1, -0.05) is 6.92 Å². The predicted molar refractivity (Wildman–Crippen MR) is 65.2 cm³/mol. The lowest BCUT2D eigenvalue weighted by Gasteiger charge is -2.04. The van der Waals surface area contributed by atoms with Gasteiger partial charge in [0.05, 0.1) is 12.2 Å². The summed E-state index contributed by atoms with van der Waals surface area (Å²) in [5.74, 6) is -1.22. The van der Waals surface area contributed by atoms with E-state index in [1.54, 1.807) is 6.07 Å². The predicted octanol–water partition coefficient (Wildman–Crippen LogP) is 3.04. The van der Waals surface area contributed by atoms with Crippen molar-refractivity contribution >= 4 is 17.7 Å². The highest BCUT2D eigenvalue weighted by molar-refractivity contribution is 7.99. The van der Waals surface area contributed by atoms with Crippen molar-refractivity contribution in [1.82, 2.24) is 0 Å². The van der Waals surface area contributed by atoms with E-state index in [4.69, 9.17) is 9.84 Å². The van der Waals surface area contributed by atoms with Crippen molar-refractivity contribution in [2.45, 2.75) is 18.2 Å². The second-order valence-electron chi connectivity index (χ2n) is 3.41. The third-order valence-electron chi connectivity index (χ3n) is 2.01. The van der Waals surface area contributed by atoms with Crippen LogP contribution in [-0.2, 0) is 4.74 Å². The zero-order valence-corrected chi connectivity index (χ0v) is 10.4. The summed E-state index contributed by atoms with van der Waals surface area (Å²) in [7, 11) is 0. The van der Waals surface area contributed by atoms with Gasteiger partial charge < -0.3 is 9.84 Å². The van der Waals surface area contributed by atoms with E-state index in [0.29, 0.717) is 6.61 Å². The number of aromatic carboxylic acids is 1. The third-order valence-corrected chi connectivity index (χ3v) is 2.97. The zero-order chi connectivity index (χ0) is 12.7. The van der Waals surface area contributed by atoms with E-state index in [1.165, 1.54) is 23.9 Å². The molecule has 1 rings (SSSR count). The van der Waals surface area contributed by atoms with Crippen molar-refractivity contribution in [3.63, 3.8) is 0 Å². The van der Waals surface area contributed by atoms with Crippen LogP contribution in [0.3, 0.4) is 0 Å². The number of carboxylic acids is 1. The van der Waals surface area contributed by atoms with E-state index in [9.17, 15) is 9.18 Å².